The zero-order valence-corrected chi connectivity index (χ0v) is 12.0. The van der Waals surface area contributed by atoms with Gasteiger partial charge in [-0.25, -0.2) is 0 Å². The van der Waals surface area contributed by atoms with Crippen molar-refractivity contribution in [2.45, 2.75) is 47.0 Å². The van der Waals surface area contributed by atoms with Gasteiger partial charge in [0.15, 0.2) is 0 Å². The lowest BCUT2D eigenvalue weighted by Gasteiger charge is -2.30. The van der Waals surface area contributed by atoms with Crippen molar-refractivity contribution in [2.24, 2.45) is 11.3 Å². The Labute approximate surface area is 101 Å². The van der Waals surface area contributed by atoms with Gasteiger partial charge in [0.2, 0.25) is 0 Å². The lowest BCUT2D eigenvalue weighted by atomic mass is 9.83. The van der Waals surface area contributed by atoms with Crippen LogP contribution in [0.25, 0.3) is 0 Å². The highest BCUT2D eigenvalue weighted by Crippen LogP contribution is 2.28. The summed E-state index contributed by atoms with van der Waals surface area (Å²) < 4.78 is 0. The molecule has 0 heterocycles. The first-order valence-electron chi connectivity index (χ1n) is 6.23. The Balaban J connectivity index is 3.89. The molecule has 0 aliphatic rings. The zero-order valence-electron chi connectivity index (χ0n) is 11.2. The second-order valence-corrected chi connectivity index (χ2v) is 6.31. The van der Waals surface area contributed by atoms with Gasteiger partial charge in [0.1, 0.15) is 0 Å². The van der Waals surface area contributed by atoms with Gasteiger partial charge < -0.3 is 5.32 Å². The summed E-state index contributed by atoms with van der Waals surface area (Å²) in [6, 6.07) is 0. The maximum absolute atomic E-state index is 3.61. The van der Waals surface area contributed by atoms with Crippen LogP contribution in [-0.4, -0.2) is 25.1 Å². The fourth-order valence-electron chi connectivity index (χ4n) is 1.92. The third kappa shape index (κ3) is 8.15. The molecule has 0 aromatic heterocycles. The summed E-state index contributed by atoms with van der Waals surface area (Å²) in [7, 11) is 0. The highest BCUT2D eigenvalue weighted by molar-refractivity contribution is 7.98. The molecule has 1 atom stereocenters. The molecule has 1 nitrogen and oxygen atoms in total. The molecule has 0 aliphatic heterocycles. The number of nitrogens with one attached hydrogen (secondary N) is 1. The normalized spacial score (nSPS) is 15.6. The first-order chi connectivity index (χ1) is 7.04. The van der Waals surface area contributed by atoms with Gasteiger partial charge in [-0.05, 0) is 42.7 Å². The number of hydrogen-bond donors (Lipinski definition) is 1. The van der Waals surface area contributed by atoms with Crippen molar-refractivity contribution >= 4 is 11.8 Å². The Bertz CT molecular complexity index is 147. The minimum atomic E-state index is 0.507. The van der Waals surface area contributed by atoms with Crippen LogP contribution in [0, 0.1) is 11.3 Å². The summed E-state index contributed by atoms with van der Waals surface area (Å²) in [4.78, 5) is 0. The van der Waals surface area contributed by atoms with Crippen LogP contribution in [0.5, 0.6) is 0 Å². The molecule has 0 aliphatic carbocycles. The summed E-state index contributed by atoms with van der Waals surface area (Å²) in [6.07, 6.45) is 6.19. The van der Waals surface area contributed by atoms with E-state index in [0.717, 1.165) is 12.5 Å². The fourth-order valence-corrected chi connectivity index (χ4v) is 2.61. The van der Waals surface area contributed by atoms with Crippen LogP contribution in [0.1, 0.15) is 47.0 Å². The van der Waals surface area contributed by atoms with E-state index in [0.29, 0.717) is 5.41 Å². The molecule has 1 N–H and O–H groups in total. The van der Waals surface area contributed by atoms with Gasteiger partial charge in [0.05, 0.1) is 0 Å². The molecule has 0 amide bonds. The van der Waals surface area contributed by atoms with Gasteiger partial charge in [-0.15, -0.1) is 0 Å². The second kappa shape index (κ2) is 8.46. The van der Waals surface area contributed by atoms with E-state index < -0.39 is 0 Å². The van der Waals surface area contributed by atoms with Crippen molar-refractivity contribution in [3.63, 3.8) is 0 Å². The minimum Gasteiger partial charge on any atom is -0.316 e. The molecule has 0 aromatic rings. The Morgan fingerprint density at radius 1 is 1.27 bits per heavy atom. The first-order valence-corrected chi connectivity index (χ1v) is 7.63. The highest BCUT2D eigenvalue weighted by atomic mass is 32.2. The number of thioether (sulfide) groups is 1. The van der Waals surface area contributed by atoms with Crippen LogP contribution in [0.15, 0.2) is 0 Å². The van der Waals surface area contributed by atoms with E-state index in [9.17, 15) is 0 Å². The van der Waals surface area contributed by atoms with Crippen molar-refractivity contribution in [1.82, 2.24) is 5.32 Å². The van der Waals surface area contributed by atoms with E-state index in [1.807, 2.05) is 11.8 Å². The molecule has 0 saturated heterocycles. The maximum atomic E-state index is 3.61. The Morgan fingerprint density at radius 3 is 2.40 bits per heavy atom. The van der Waals surface area contributed by atoms with E-state index in [1.54, 1.807) is 0 Å². The van der Waals surface area contributed by atoms with Crippen molar-refractivity contribution in [3.8, 4) is 0 Å². The molecule has 0 fully saturated rings. The van der Waals surface area contributed by atoms with E-state index in [-0.39, 0.29) is 0 Å². The Morgan fingerprint density at radius 2 is 1.93 bits per heavy atom. The molecule has 0 saturated carbocycles. The van der Waals surface area contributed by atoms with E-state index in [1.165, 1.54) is 31.6 Å². The van der Waals surface area contributed by atoms with Crippen LogP contribution in [0.3, 0.4) is 0 Å². The van der Waals surface area contributed by atoms with Crippen LogP contribution < -0.4 is 5.32 Å². The number of hydrogen-bond acceptors (Lipinski definition) is 2. The summed E-state index contributed by atoms with van der Waals surface area (Å²) in [5.74, 6) is 2.05. The molecular formula is C13H29NS. The van der Waals surface area contributed by atoms with Crippen LogP contribution in [0.2, 0.25) is 0 Å². The van der Waals surface area contributed by atoms with E-state index in [4.69, 9.17) is 0 Å². The summed E-state index contributed by atoms with van der Waals surface area (Å²) in [5, 5.41) is 3.61. The van der Waals surface area contributed by atoms with Crippen molar-refractivity contribution in [2.75, 3.05) is 25.1 Å². The van der Waals surface area contributed by atoms with Crippen molar-refractivity contribution < 1.29 is 0 Å². The topological polar surface area (TPSA) is 12.0 Å². The number of rotatable bonds is 9. The van der Waals surface area contributed by atoms with Gasteiger partial charge in [-0.2, -0.15) is 11.8 Å². The molecule has 0 aromatic carbocycles. The molecule has 0 rings (SSSR count). The van der Waals surface area contributed by atoms with Gasteiger partial charge in [0, 0.05) is 6.54 Å². The van der Waals surface area contributed by atoms with Gasteiger partial charge in [-0.3, -0.25) is 0 Å². The molecule has 2 heteroatoms. The molecular weight excluding hydrogens is 202 g/mol. The molecule has 92 valence electrons. The monoisotopic (exact) mass is 231 g/mol. The Kier molecular flexibility index (Phi) is 8.64. The van der Waals surface area contributed by atoms with Gasteiger partial charge >= 0.3 is 0 Å². The third-order valence-electron chi connectivity index (χ3n) is 2.87. The zero-order chi connectivity index (χ0) is 11.7. The van der Waals surface area contributed by atoms with Crippen molar-refractivity contribution in [3.05, 3.63) is 0 Å². The predicted molar refractivity (Wildman–Crippen MR) is 73.7 cm³/mol. The molecule has 0 bridgehead atoms. The maximum Gasteiger partial charge on any atom is 0.000557 e. The summed E-state index contributed by atoms with van der Waals surface area (Å²) in [6.45, 7) is 11.6. The van der Waals surface area contributed by atoms with Crippen LogP contribution in [0.4, 0.5) is 0 Å². The van der Waals surface area contributed by atoms with Crippen LogP contribution in [-0.2, 0) is 0 Å². The minimum absolute atomic E-state index is 0.507. The smallest absolute Gasteiger partial charge is 0.000557 e. The average Bonchev–Trinajstić information content (AvgIpc) is 2.15. The first kappa shape index (κ1) is 15.3. The SMILES string of the molecule is CCCC(C)(CCSC)CNCC(C)C. The lowest BCUT2D eigenvalue weighted by molar-refractivity contribution is 0.265. The lowest BCUT2D eigenvalue weighted by Crippen LogP contribution is -2.34. The van der Waals surface area contributed by atoms with Crippen molar-refractivity contribution in [1.29, 1.82) is 0 Å². The molecule has 0 spiro atoms. The van der Waals surface area contributed by atoms with Gasteiger partial charge in [-0.1, -0.05) is 34.1 Å². The van der Waals surface area contributed by atoms with Gasteiger partial charge in [0.25, 0.3) is 0 Å². The third-order valence-corrected chi connectivity index (χ3v) is 3.48. The molecule has 0 radical (unpaired) electrons. The second-order valence-electron chi connectivity index (χ2n) is 5.33. The average molecular weight is 231 g/mol. The molecule has 1 unspecified atom stereocenters. The standard InChI is InChI=1S/C13H29NS/c1-6-7-13(4,8-9-15-5)11-14-10-12(2)3/h12,14H,6-11H2,1-5H3. The fraction of sp³-hybridized carbons (Fsp3) is 1.00. The quantitative estimate of drug-likeness (QED) is 0.648. The highest BCUT2D eigenvalue weighted by Gasteiger charge is 2.22. The van der Waals surface area contributed by atoms with Crippen LogP contribution >= 0.6 is 11.8 Å². The predicted octanol–water partition coefficient (Wildman–Crippen LogP) is 3.79. The molecule has 15 heavy (non-hydrogen) atoms. The Hall–Kier alpha value is 0.310. The van der Waals surface area contributed by atoms with E-state index in [2.05, 4.69) is 39.3 Å². The van der Waals surface area contributed by atoms with E-state index >= 15 is 0 Å². The summed E-state index contributed by atoms with van der Waals surface area (Å²) >= 11 is 1.97. The largest absolute Gasteiger partial charge is 0.316 e. The summed E-state index contributed by atoms with van der Waals surface area (Å²) in [5.41, 5.74) is 0.507.